The lowest BCUT2D eigenvalue weighted by molar-refractivity contribution is 0.315. The van der Waals surface area contributed by atoms with E-state index in [1.54, 1.807) is 6.20 Å². The molecule has 0 amide bonds. The number of hydrogen-bond donors (Lipinski definition) is 1. The molecule has 1 heterocycles. The van der Waals surface area contributed by atoms with Gasteiger partial charge in [0.15, 0.2) is 0 Å². The van der Waals surface area contributed by atoms with Gasteiger partial charge in [0.05, 0.1) is 12.8 Å². The van der Waals surface area contributed by atoms with Crippen LogP contribution in [-0.4, -0.2) is 22.6 Å². The van der Waals surface area contributed by atoms with Gasteiger partial charge in [-0.05, 0) is 30.9 Å². The summed E-state index contributed by atoms with van der Waals surface area (Å²) in [5, 5.41) is 0.818. The van der Waals surface area contributed by atoms with Crippen LogP contribution in [0, 0.1) is 0 Å². The minimum atomic E-state index is 0.0586. The summed E-state index contributed by atoms with van der Waals surface area (Å²) in [6.45, 7) is 2.83. The van der Waals surface area contributed by atoms with Gasteiger partial charge in [-0.25, -0.2) is 0 Å². The summed E-state index contributed by atoms with van der Waals surface area (Å²) in [6, 6.07) is 2.09. The maximum absolute atomic E-state index is 6.25. The van der Waals surface area contributed by atoms with Crippen molar-refractivity contribution in [1.29, 1.82) is 0 Å². The lowest BCUT2D eigenvalue weighted by Gasteiger charge is -2.15. The van der Waals surface area contributed by atoms with Gasteiger partial charge in [0, 0.05) is 23.2 Å². The molecule has 0 spiro atoms. The van der Waals surface area contributed by atoms with Gasteiger partial charge in [0.25, 0.3) is 0 Å². The molecule has 19 heavy (non-hydrogen) atoms. The first-order chi connectivity index (χ1) is 9.29. The zero-order valence-electron chi connectivity index (χ0n) is 11.7. The molecule has 3 nitrogen and oxygen atoms in total. The molecule has 1 atom stereocenters. The molecule has 0 saturated heterocycles. The average Bonchev–Trinajstić information content (AvgIpc) is 2.96. The molecule has 4 heteroatoms. The Kier molecular flexibility index (Phi) is 5.98. The lowest BCUT2D eigenvalue weighted by atomic mass is 10.1. The van der Waals surface area contributed by atoms with Crippen molar-refractivity contribution in [3.63, 3.8) is 0 Å². The number of thioether (sulfide) groups is 1. The molecule has 0 aliphatic heterocycles. The number of ether oxygens (including phenoxy) is 1. The van der Waals surface area contributed by atoms with E-state index in [2.05, 4.69) is 11.9 Å². The largest absolute Gasteiger partial charge is 0.492 e. The van der Waals surface area contributed by atoms with Crippen molar-refractivity contribution < 1.29 is 4.74 Å². The molecule has 2 N–H and O–H groups in total. The third-order valence-electron chi connectivity index (χ3n) is 3.45. The first-order valence-electron chi connectivity index (χ1n) is 7.24. The highest BCUT2D eigenvalue weighted by molar-refractivity contribution is 7.99. The van der Waals surface area contributed by atoms with E-state index in [0.29, 0.717) is 0 Å². The van der Waals surface area contributed by atoms with Crippen LogP contribution in [0.3, 0.4) is 0 Å². The van der Waals surface area contributed by atoms with Gasteiger partial charge in [-0.3, -0.25) is 4.98 Å². The zero-order chi connectivity index (χ0) is 13.5. The highest BCUT2D eigenvalue weighted by atomic mass is 32.2. The number of pyridine rings is 1. The van der Waals surface area contributed by atoms with Crippen LogP contribution in [-0.2, 0) is 0 Å². The van der Waals surface area contributed by atoms with Crippen LogP contribution in [0.15, 0.2) is 18.5 Å². The molecule has 1 fully saturated rings. The fraction of sp³-hybridized carbons (Fsp3) is 0.667. The second-order valence-electron chi connectivity index (χ2n) is 5.15. The lowest BCUT2D eigenvalue weighted by Crippen LogP contribution is -2.15. The second kappa shape index (κ2) is 7.75. The number of nitrogens with zero attached hydrogens (tertiary/aromatic N) is 1. The van der Waals surface area contributed by atoms with E-state index in [1.165, 1.54) is 25.7 Å². The van der Waals surface area contributed by atoms with Crippen LogP contribution in [0.5, 0.6) is 5.75 Å². The van der Waals surface area contributed by atoms with Crippen molar-refractivity contribution in [3.05, 3.63) is 24.0 Å². The van der Waals surface area contributed by atoms with Crippen molar-refractivity contribution in [2.45, 2.75) is 50.3 Å². The number of aromatic nitrogens is 1. The van der Waals surface area contributed by atoms with E-state index in [9.17, 15) is 0 Å². The molecular formula is C15H24N2OS. The molecule has 1 saturated carbocycles. The first kappa shape index (κ1) is 14.7. The number of nitrogens with two attached hydrogens (primary N) is 1. The third kappa shape index (κ3) is 4.69. The molecule has 0 aromatic carbocycles. The van der Waals surface area contributed by atoms with Crippen LogP contribution < -0.4 is 10.5 Å². The van der Waals surface area contributed by atoms with E-state index in [0.717, 1.165) is 35.3 Å². The topological polar surface area (TPSA) is 48.1 Å². The summed E-state index contributed by atoms with van der Waals surface area (Å²) >= 11 is 2.02. The fourth-order valence-electron chi connectivity index (χ4n) is 2.33. The predicted molar refractivity (Wildman–Crippen MR) is 81.7 cm³/mol. The molecular weight excluding hydrogens is 256 g/mol. The van der Waals surface area contributed by atoms with Crippen molar-refractivity contribution in [2.24, 2.45) is 5.73 Å². The molecule has 1 aromatic heterocycles. The predicted octanol–water partition coefficient (Wildman–Crippen LogP) is 3.55. The van der Waals surface area contributed by atoms with E-state index in [4.69, 9.17) is 10.5 Å². The SMILES string of the molecule is CCCOc1cncc(C(N)CSC2CCCC2)c1. The van der Waals surface area contributed by atoms with E-state index >= 15 is 0 Å². The maximum Gasteiger partial charge on any atom is 0.137 e. The summed E-state index contributed by atoms with van der Waals surface area (Å²) < 4.78 is 5.60. The standard InChI is InChI=1S/C15H24N2OS/c1-2-7-18-13-8-12(9-17-10-13)15(16)11-19-14-5-3-4-6-14/h8-10,14-15H,2-7,11,16H2,1H3. The molecule has 1 aliphatic rings. The van der Waals surface area contributed by atoms with E-state index < -0.39 is 0 Å². The third-order valence-corrected chi connectivity index (χ3v) is 4.94. The van der Waals surface area contributed by atoms with Crippen LogP contribution in [0.25, 0.3) is 0 Å². The highest BCUT2D eigenvalue weighted by Crippen LogP contribution is 2.31. The van der Waals surface area contributed by atoms with Gasteiger partial charge in [-0.15, -0.1) is 0 Å². The normalized spacial score (nSPS) is 17.6. The summed E-state index contributed by atoms with van der Waals surface area (Å²) in [7, 11) is 0. The zero-order valence-corrected chi connectivity index (χ0v) is 12.5. The van der Waals surface area contributed by atoms with Crippen LogP contribution in [0.2, 0.25) is 0 Å². The first-order valence-corrected chi connectivity index (χ1v) is 8.29. The van der Waals surface area contributed by atoms with Gasteiger partial charge in [0.2, 0.25) is 0 Å². The number of rotatable bonds is 7. The van der Waals surface area contributed by atoms with Gasteiger partial charge >= 0.3 is 0 Å². The summed E-state index contributed by atoms with van der Waals surface area (Å²) in [6.07, 6.45) is 10.1. The van der Waals surface area contributed by atoms with Gasteiger partial charge in [-0.2, -0.15) is 11.8 Å². The van der Waals surface area contributed by atoms with Crippen molar-refractivity contribution in [3.8, 4) is 5.75 Å². The van der Waals surface area contributed by atoms with Gasteiger partial charge < -0.3 is 10.5 Å². The molecule has 1 unspecified atom stereocenters. The molecule has 106 valence electrons. The Morgan fingerprint density at radius 3 is 2.95 bits per heavy atom. The monoisotopic (exact) mass is 280 g/mol. The summed E-state index contributed by atoms with van der Waals surface area (Å²) in [5.74, 6) is 1.81. The van der Waals surface area contributed by atoms with E-state index in [1.807, 2.05) is 24.0 Å². The highest BCUT2D eigenvalue weighted by Gasteiger charge is 2.17. The Morgan fingerprint density at radius 2 is 2.21 bits per heavy atom. The quantitative estimate of drug-likeness (QED) is 0.830. The Balaban J connectivity index is 1.84. The van der Waals surface area contributed by atoms with E-state index in [-0.39, 0.29) is 6.04 Å². The molecule has 1 aromatic rings. The molecule has 2 rings (SSSR count). The van der Waals surface area contributed by atoms with Gasteiger partial charge in [-0.1, -0.05) is 19.8 Å². The van der Waals surface area contributed by atoms with Crippen LogP contribution in [0.1, 0.15) is 50.6 Å². The number of hydrogen-bond acceptors (Lipinski definition) is 4. The van der Waals surface area contributed by atoms with Crippen LogP contribution in [0.4, 0.5) is 0 Å². The fourth-order valence-corrected chi connectivity index (χ4v) is 3.67. The Morgan fingerprint density at radius 1 is 1.42 bits per heavy atom. The van der Waals surface area contributed by atoms with Crippen molar-refractivity contribution in [1.82, 2.24) is 4.98 Å². The average molecular weight is 280 g/mol. The smallest absolute Gasteiger partial charge is 0.137 e. The Labute approximate surface area is 120 Å². The molecule has 0 radical (unpaired) electrons. The Hall–Kier alpha value is -0.740. The van der Waals surface area contributed by atoms with Gasteiger partial charge in [0.1, 0.15) is 5.75 Å². The Bertz CT molecular complexity index is 380. The molecule has 1 aliphatic carbocycles. The summed E-state index contributed by atoms with van der Waals surface area (Å²) in [4.78, 5) is 4.22. The van der Waals surface area contributed by atoms with Crippen LogP contribution >= 0.6 is 11.8 Å². The minimum absolute atomic E-state index is 0.0586. The minimum Gasteiger partial charge on any atom is -0.492 e. The molecule has 0 bridgehead atoms. The maximum atomic E-state index is 6.25. The van der Waals surface area contributed by atoms with Crippen molar-refractivity contribution >= 4 is 11.8 Å². The summed E-state index contributed by atoms with van der Waals surface area (Å²) in [5.41, 5.74) is 7.34. The second-order valence-corrected chi connectivity index (χ2v) is 6.48. The van der Waals surface area contributed by atoms with Crippen molar-refractivity contribution in [2.75, 3.05) is 12.4 Å².